The Labute approximate surface area is 159 Å². The Morgan fingerprint density at radius 2 is 1.89 bits per heavy atom. The summed E-state index contributed by atoms with van der Waals surface area (Å²) in [7, 11) is 0. The Bertz CT molecular complexity index is 901. The van der Waals surface area contributed by atoms with E-state index in [-0.39, 0.29) is 17.7 Å². The van der Waals surface area contributed by atoms with Crippen molar-refractivity contribution in [1.29, 1.82) is 0 Å². The Hall–Kier alpha value is -3.08. The van der Waals surface area contributed by atoms with Crippen LogP contribution in [0.4, 0.5) is 0 Å². The number of allylic oxidation sites excluding steroid dienone is 1. The van der Waals surface area contributed by atoms with Crippen molar-refractivity contribution in [3.8, 4) is 5.75 Å². The molecule has 0 radical (unpaired) electrons. The van der Waals surface area contributed by atoms with E-state index in [4.69, 9.17) is 4.99 Å². The number of aromatic hydroxyl groups is 1. The van der Waals surface area contributed by atoms with E-state index in [1.165, 1.54) is 0 Å². The van der Waals surface area contributed by atoms with Gasteiger partial charge in [-0.2, -0.15) is 0 Å². The average molecular weight is 361 g/mol. The van der Waals surface area contributed by atoms with Crippen LogP contribution in [-0.4, -0.2) is 34.2 Å². The zero-order valence-corrected chi connectivity index (χ0v) is 15.4. The van der Waals surface area contributed by atoms with Crippen LogP contribution in [0.25, 0.3) is 0 Å². The summed E-state index contributed by atoms with van der Waals surface area (Å²) < 4.78 is 0. The van der Waals surface area contributed by atoms with Crippen molar-refractivity contribution in [2.75, 3.05) is 6.54 Å². The van der Waals surface area contributed by atoms with Gasteiger partial charge in [-0.3, -0.25) is 14.7 Å². The van der Waals surface area contributed by atoms with Gasteiger partial charge in [0, 0.05) is 6.42 Å². The number of carbonyl (C=O) groups excluding carboxylic acids is 1. The Kier molecular flexibility index (Phi) is 4.67. The molecular formula is C22H23N3O2. The van der Waals surface area contributed by atoms with E-state index in [1.54, 1.807) is 12.1 Å². The highest BCUT2D eigenvalue weighted by molar-refractivity contribution is 6.06. The van der Waals surface area contributed by atoms with E-state index in [0.29, 0.717) is 13.0 Å². The third-order valence-electron chi connectivity index (χ3n) is 4.99. The molecule has 0 bridgehead atoms. The van der Waals surface area contributed by atoms with Crippen molar-refractivity contribution in [2.24, 2.45) is 4.99 Å². The van der Waals surface area contributed by atoms with Gasteiger partial charge in [-0.15, -0.1) is 0 Å². The van der Waals surface area contributed by atoms with Gasteiger partial charge in [0.1, 0.15) is 17.6 Å². The topological polar surface area (TPSA) is 64.9 Å². The number of aliphatic imine (C=N–C) groups is 1. The number of hydrogen-bond donors (Lipinski definition) is 2. The summed E-state index contributed by atoms with van der Waals surface area (Å²) in [5, 5.41) is 13.0. The van der Waals surface area contributed by atoms with Crippen LogP contribution < -0.4 is 5.32 Å². The minimum atomic E-state index is -0.176. The summed E-state index contributed by atoms with van der Waals surface area (Å²) in [5.41, 5.74) is 3.80. The first-order chi connectivity index (χ1) is 13.2. The van der Waals surface area contributed by atoms with Crippen molar-refractivity contribution < 1.29 is 9.90 Å². The number of carbonyl (C=O) groups is 1. The van der Waals surface area contributed by atoms with Gasteiger partial charge in [-0.25, -0.2) is 0 Å². The lowest BCUT2D eigenvalue weighted by Gasteiger charge is -2.25. The van der Waals surface area contributed by atoms with Crippen molar-refractivity contribution in [1.82, 2.24) is 10.2 Å². The van der Waals surface area contributed by atoms with Crippen molar-refractivity contribution in [3.05, 3.63) is 77.2 Å². The fourth-order valence-corrected chi connectivity index (χ4v) is 3.61. The summed E-state index contributed by atoms with van der Waals surface area (Å²) in [4.78, 5) is 19.6. The van der Waals surface area contributed by atoms with E-state index in [2.05, 4.69) is 24.4 Å². The van der Waals surface area contributed by atoms with Crippen LogP contribution in [0, 0.1) is 0 Å². The maximum atomic E-state index is 12.9. The highest BCUT2D eigenvalue weighted by Crippen LogP contribution is 2.28. The third kappa shape index (κ3) is 3.45. The molecule has 27 heavy (non-hydrogen) atoms. The second kappa shape index (κ2) is 7.27. The minimum Gasteiger partial charge on any atom is -0.508 e. The van der Waals surface area contributed by atoms with Crippen LogP contribution in [0.3, 0.4) is 0 Å². The third-order valence-corrected chi connectivity index (χ3v) is 4.99. The van der Waals surface area contributed by atoms with E-state index < -0.39 is 0 Å². The fraction of sp³-hybridized carbons (Fsp3) is 0.273. The first kappa shape index (κ1) is 17.3. The predicted molar refractivity (Wildman–Crippen MR) is 105 cm³/mol. The molecule has 1 fully saturated rings. The molecule has 2 aliphatic rings. The molecule has 0 aliphatic carbocycles. The van der Waals surface area contributed by atoms with E-state index >= 15 is 0 Å². The SMILES string of the molecule is CCCC1NC2=C(Cc3ccccc3)N=C(c3ccc(O)cc3)CN2C1=O. The summed E-state index contributed by atoms with van der Waals surface area (Å²) >= 11 is 0. The summed E-state index contributed by atoms with van der Waals surface area (Å²) in [6, 6.07) is 17.0. The van der Waals surface area contributed by atoms with Gasteiger partial charge in [0.2, 0.25) is 0 Å². The molecule has 2 heterocycles. The predicted octanol–water partition coefficient (Wildman–Crippen LogP) is 3.21. The molecule has 2 N–H and O–H groups in total. The molecular weight excluding hydrogens is 338 g/mol. The molecule has 2 aromatic carbocycles. The number of amides is 1. The summed E-state index contributed by atoms with van der Waals surface area (Å²) in [5.74, 6) is 1.17. The van der Waals surface area contributed by atoms with Crippen LogP contribution in [0.2, 0.25) is 0 Å². The van der Waals surface area contributed by atoms with Gasteiger partial charge in [-0.05, 0) is 41.8 Å². The molecule has 1 unspecified atom stereocenters. The zero-order chi connectivity index (χ0) is 18.8. The number of phenolic OH excluding ortho intramolecular Hbond substituents is 1. The normalized spacial score (nSPS) is 19.0. The van der Waals surface area contributed by atoms with Crippen LogP contribution in [0.1, 0.15) is 30.9 Å². The molecule has 0 spiro atoms. The second-order valence-corrected chi connectivity index (χ2v) is 6.97. The fourth-order valence-electron chi connectivity index (χ4n) is 3.61. The highest BCUT2D eigenvalue weighted by Gasteiger charge is 2.39. The van der Waals surface area contributed by atoms with Crippen LogP contribution in [0.5, 0.6) is 5.75 Å². The van der Waals surface area contributed by atoms with E-state index in [9.17, 15) is 9.90 Å². The number of hydrogen-bond acceptors (Lipinski definition) is 4. The van der Waals surface area contributed by atoms with Crippen LogP contribution >= 0.6 is 0 Å². The lowest BCUT2D eigenvalue weighted by molar-refractivity contribution is -0.127. The van der Waals surface area contributed by atoms with Crippen molar-refractivity contribution in [2.45, 2.75) is 32.2 Å². The average Bonchev–Trinajstić information content (AvgIpc) is 3.00. The molecule has 1 atom stereocenters. The molecule has 138 valence electrons. The molecule has 1 amide bonds. The number of nitrogens with one attached hydrogen (secondary N) is 1. The Balaban J connectivity index is 1.72. The summed E-state index contributed by atoms with van der Waals surface area (Å²) in [6.45, 7) is 2.54. The number of phenols is 1. The number of rotatable bonds is 5. The largest absolute Gasteiger partial charge is 0.508 e. The molecule has 5 heteroatoms. The lowest BCUT2D eigenvalue weighted by Crippen LogP contribution is -2.36. The van der Waals surface area contributed by atoms with Gasteiger partial charge in [-0.1, -0.05) is 43.7 Å². The van der Waals surface area contributed by atoms with E-state index in [1.807, 2.05) is 35.2 Å². The monoisotopic (exact) mass is 361 g/mol. The number of benzene rings is 2. The maximum Gasteiger partial charge on any atom is 0.251 e. The van der Waals surface area contributed by atoms with Gasteiger partial charge in [0.25, 0.3) is 5.91 Å². The number of nitrogens with zero attached hydrogens (tertiary/aromatic N) is 2. The first-order valence-corrected chi connectivity index (χ1v) is 9.37. The van der Waals surface area contributed by atoms with Crippen LogP contribution in [0.15, 0.2) is 71.1 Å². The quantitative estimate of drug-likeness (QED) is 0.859. The molecule has 2 aromatic rings. The van der Waals surface area contributed by atoms with Gasteiger partial charge < -0.3 is 10.4 Å². The minimum absolute atomic E-state index is 0.114. The lowest BCUT2D eigenvalue weighted by atomic mass is 10.1. The van der Waals surface area contributed by atoms with Crippen molar-refractivity contribution in [3.63, 3.8) is 0 Å². The molecule has 2 aliphatic heterocycles. The van der Waals surface area contributed by atoms with E-state index in [0.717, 1.165) is 41.2 Å². The Morgan fingerprint density at radius 1 is 1.15 bits per heavy atom. The standard InChI is InChI=1S/C22H23N3O2/c1-2-6-18-22(27)25-14-20(16-9-11-17(26)12-10-16)23-19(21(25)24-18)13-15-7-4-3-5-8-15/h3-5,7-12,18,24,26H,2,6,13-14H2,1H3. The smallest absolute Gasteiger partial charge is 0.251 e. The van der Waals surface area contributed by atoms with Gasteiger partial charge in [0.15, 0.2) is 0 Å². The van der Waals surface area contributed by atoms with Crippen molar-refractivity contribution >= 4 is 11.6 Å². The molecule has 5 nitrogen and oxygen atoms in total. The van der Waals surface area contributed by atoms with Gasteiger partial charge >= 0.3 is 0 Å². The maximum absolute atomic E-state index is 12.9. The highest BCUT2D eigenvalue weighted by atomic mass is 16.3. The number of fused-ring (bicyclic) bond motifs is 1. The molecule has 4 rings (SSSR count). The van der Waals surface area contributed by atoms with Gasteiger partial charge in [0.05, 0.1) is 18.0 Å². The molecule has 1 saturated heterocycles. The zero-order valence-electron chi connectivity index (χ0n) is 15.4. The second-order valence-electron chi connectivity index (χ2n) is 6.97. The molecule has 0 saturated carbocycles. The molecule has 0 aromatic heterocycles. The Morgan fingerprint density at radius 3 is 2.59 bits per heavy atom. The summed E-state index contributed by atoms with van der Waals surface area (Å²) in [6.07, 6.45) is 2.42. The van der Waals surface area contributed by atoms with Crippen LogP contribution in [-0.2, 0) is 11.2 Å². The first-order valence-electron chi connectivity index (χ1n) is 9.37.